The van der Waals surface area contributed by atoms with Crippen molar-refractivity contribution in [3.63, 3.8) is 0 Å². The van der Waals surface area contributed by atoms with Gasteiger partial charge in [0.15, 0.2) is 0 Å². The first-order valence-electron chi connectivity index (χ1n) is 12.3. The topological polar surface area (TPSA) is 82.6 Å². The van der Waals surface area contributed by atoms with Gasteiger partial charge in [-0.15, -0.1) is 0 Å². The number of amides is 1. The molecule has 0 radical (unpaired) electrons. The fourth-order valence-electron chi connectivity index (χ4n) is 4.78. The number of aliphatic hydroxyl groups is 1. The number of para-hydroxylation sites is 1. The number of hydrogen-bond acceptors (Lipinski definition) is 4. The number of Topliss-reactive ketones (excluding diaryl/α,β-unsaturated/α-hetero) is 1. The summed E-state index contributed by atoms with van der Waals surface area (Å²) in [4.78, 5) is 31.4. The maximum atomic E-state index is 13.3. The molecule has 6 nitrogen and oxygen atoms in total. The summed E-state index contributed by atoms with van der Waals surface area (Å²) in [5, 5.41) is 12.5. The Balaban J connectivity index is 1.92. The summed E-state index contributed by atoms with van der Waals surface area (Å²) in [6.07, 6.45) is 3.49. The van der Waals surface area contributed by atoms with Gasteiger partial charge in [-0.3, -0.25) is 9.59 Å². The standard InChI is InChI=1S/C29H34N2O4/c1-6-8-15-31-25(20-17-30-22-12-10-9-11-19(20)22)24(27(33)28(31)34)26(32)18-13-14-23(35-7-2)21(16-18)29(3,4)5/h9-14,16-17,25,30,32H,6-8,15H2,1-5H3/b26-24+. The molecular formula is C29H34N2O4. The highest BCUT2D eigenvalue weighted by Gasteiger charge is 2.46. The highest BCUT2D eigenvalue weighted by Crippen LogP contribution is 2.43. The monoisotopic (exact) mass is 474 g/mol. The number of nitrogens with zero attached hydrogens (tertiary/aromatic N) is 1. The lowest BCUT2D eigenvalue weighted by Crippen LogP contribution is -2.30. The van der Waals surface area contributed by atoms with Gasteiger partial charge in [-0.1, -0.05) is 52.3 Å². The molecular weight excluding hydrogens is 440 g/mol. The maximum absolute atomic E-state index is 13.3. The number of aliphatic hydroxyl groups excluding tert-OH is 1. The second-order valence-corrected chi connectivity index (χ2v) is 10.0. The summed E-state index contributed by atoms with van der Waals surface area (Å²) in [6.45, 7) is 11.2. The number of H-pyrrole nitrogens is 1. The van der Waals surface area contributed by atoms with E-state index in [0.29, 0.717) is 18.7 Å². The first kappa shape index (κ1) is 24.6. The van der Waals surface area contributed by atoms with E-state index in [2.05, 4.69) is 25.8 Å². The zero-order valence-electron chi connectivity index (χ0n) is 21.1. The van der Waals surface area contributed by atoms with Crippen LogP contribution in [0.15, 0.2) is 54.2 Å². The van der Waals surface area contributed by atoms with Gasteiger partial charge in [0.25, 0.3) is 11.7 Å². The Bertz CT molecular complexity index is 1300. The van der Waals surface area contributed by atoms with E-state index in [1.165, 1.54) is 0 Å². The number of fused-ring (bicyclic) bond motifs is 1. The number of aromatic nitrogens is 1. The fraction of sp³-hybridized carbons (Fsp3) is 0.379. The largest absolute Gasteiger partial charge is 0.507 e. The van der Waals surface area contributed by atoms with Crippen molar-refractivity contribution in [2.45, 2.75) is 58.9 Å². The van der Waals surface area contributed by atoms with Gasteiger partial charge in [0.2, 0.25) is 0 Å². The third kappa shape index (κ3) is 4.45. The van der Waals surface area contributed by atoms with Crippen LogP contribution in [0.5, 0.6) is 5.75 Å². The zero-order chi connectivity index (χ0) is 25.3. The van der Waals surface area contributed by atoms with Crippen molar-refractivity contribution in [2.24, 2.45) is 0 Å². The first-order valence-corrected chi connectivity index (χ1v) is 12.3. The van der Waals surface area contributed by atoms with Crippen molar-refractivity contribution in [2.75, 3.05) is 13.2 Å². The minimum atomic E-state index is -0.664. The molecule has 184 valence electrons. The van der Waals surface area contributed by atoms with Crippen LogP contribution in [-0.4, -0.2) is 39.8 Å². The molecule has 0 bridgehead atoms. The SMILES string of the molecule is CCCCN1C(=O)C(=O)/C(=C(/O)c2ccc(OCC)c(C(C)(C)C)c2)C1c1c[nH]c2ccccc12. The molecule has 1 atom stereocenters. The van der Waals surface area contributed by atoms with Crippen LogP contribution < -0.4 is 4.74 Å². The molecule has 2 N–H and O–H groups in total. The van der Waals surface area contributed by atoms with Crippen molar-refractivity contribution >= 4 is 28.4 Å². The second kappa shape index (κ2) is 9.61. The smallest absolute Gasteiger partial charge is 0.295 e. The van der Waals surface area contributed by atoms with Crippen molar-refractivity contribution in [3.8, 4) is 5.75 Å². The Kier molecular flexibility index (Phi) is 6.75. The number of hydrogen-bond donors (Lipinski definition) is 2. The molecule has 1 aliphatic heterocycles. The Hall–Kier alpha value is -3.54. The Morgan fingerprint density at radius 1 is 1.11 bits per heavy atom. The molecule has 1 unspecified atom stereocenters. The Morgan fingerprint density at radius 2 is 1.86 bits per heavy atom. The molecule has 0 saturated carbocycles. The van der Waals surface area contributed by atoms with Gasteiger partial charge in [0.1, 0.15) is 11.5 Å². The average molecular weight is 475 g/mol. The molecule has 1 aliphatic rings. The van der Waals surface area contributed by atoms with Crippen LogP contribution in [0.3, 0.4) is 0 Å². The predicted molar refractivity (Wildman–Crippen MR) is 139 cm³/mol. The number of aromatic amines is 1. The van der Waals surface area contributed by atoms with Gasteiger partial charge in [0, 0.05) is 40.3 Å². The third-order valence-electron chi connectivity index (χ3n) is 6.57. The number of benzene rings is 2. The lowest BCUT2D eigenvalue weighted by Gasteiger charge is -2.25. The predicted octanol–water partition coefficient (Wildman–Crippen LogP) is 6.09. The van der Waals surface area contributed by atoms with Crippen LogP contribution in [0.25, 0.3) is 16.7 Å². The van der Waals surface area contributed by atoms with E-state index in [-0.39, 0.29) is 16.7 Å². The third-order valence-corrected chi connectivity index (χ3v) is 6.57. The minimum Gasteiger partial charge on any atom is -0.507 e. The van der Waals surface area contributed by atoms with E-state index in [1.54, 1.807) is 11.0 Å². The van der Waals surface area contributed by atoms with Crippen molar-refractivity contribution < 1.29 is 19.4 Å². The molecule has 1 amide bonds. The van der Waals surface area contributed by atoms with Gasteiger partial charge in [-0.05, 0) is 43.0 Å². The van der Waals surface area contributed by atoms with Gasteiger partial charge >= 0.3 is 0 Å². The number of carbonyl (C=O) groups excluding carboxylic acids is 2. The lowest BCUT2D eigenvalue weighted by atomic mass is 9.84. The summed E-state index contributed by atoms with van der Waals surface area (Å²) < 4.78 is 5.82. The molecule has 1 saturated heterocycles. The molecule has 2 aromatic carbocycles. The van der Waals surface area contributed by atoms with E-state index < -0.39 is 17.7 Å². The van der Waals surface area contributed by atoms with Crippen LogP contribution in [0, 0.1) is 0 Å². The number of unbranched alkanes of at least 4 members (excludes halogenated alkanes) is 1. The van der Waals surface area contributed by atoms with Gasteiger partial charge in [-0.2, -0.15) is 0 Å². The average Bonchev–Trinajstić information content (AvgIpc) is 3.36. The molecule has 6 heteroatoms. The highest BCUT2D eigenvalue weighted by atomic mass is 16.5. The molecule has 4 rings (SSSR count). The summed E-state index contributed by atoms with van der Waals surface area (Å²) in [6, 6.07) is 12.6. The van der Waals surface area contributed by atoms with E-state index >= 15 is 0 Å². The number of ketones is 1. The summed E-state index contributed by atoms with van der Waals surface area (Å²) in [7, 11) is 0. The molecule has 2 heterocycles. The van der Waals surface area contributed by atoms with Crippen LogP contribution in [0.1, 0.15) is 70.2 Å². The van der Waals surface area contributed by atoms with E-state index in [9.17, 15) is 14.7 Å². The summed E-state index contributed by atoms with van der Waals surface area (Å²) in [5.41, 5.74) is 3.02. The van der Waals surface area contributed by atoms with Crippen LogP contribution in [0.2, 0.25) is 0 Å². The quantitative estimate of drug-likeness (QED) is 0.247. The lowest BCUT2D eigenvalue weighted by molar-refractivity contribution is -0.139. The van der Waals surface area contributed by atoms with Crippen molar-refractivity contribution in [3.05, 3.63) is 70.9 Å². The number of carbonyl (C=O) groups is 2. The maximum Gasteiger partial charge on any atom is 0.295 e. The number of likely N-dealkylation sites (tertiary alicyclic amines) is 1. The normalized spacial score (nSPS) is 18.0. The van der Waals surface area contributed by atoms with Gasteiger partial charge in [-0.25, -0.2) is 0 Å². The Labute approximate surface area is 206 Å². The fourth-order valence-corrected chi connectivity index (χ4v) is 4.78. The van der Waals surface area contributed by atoms with E-state index in [0.717, 1.165) is 40.6 Å². The van der Waals surface area contributed by atoms with Crippen LogP contribution >= 0.6 is 0 Å². The molecule has 0 aliphatic carbocycles. The number of rotatable bonds is 7. The van der Waals surface area contributed by atoms with E-state index in [1.807, 2.05) is 56.4 Å². The summed E-state index contributed by atoms with van der Waals surface area (Å²) in [5.74, 6) is -0.642. The molecule has 1 aromatic heterocycles. The first-order chi connectivity index (χ1) is 16.7. The van der Waals surface area contributed by atoms with Crippen LogP contribution in [-0.2, 0) is 15.0 Å². The molecule has 35 heavy (non-hydrogen) atoms. The minimum absolute atomic E-state index is 0.125. The second-order valence-electron chi connectivity index (χ2n) is 10.0. The Morgan fingerprint density at radius 3 is 2.54 bits per heavy atom. The van der Waals surface area contributed by atoms with Crippen molar-refractivity contribution in [1.82, 2.24) is 9.88 Å². The number of ether oxygens (including phenoxy) is 1. The van der Waals surface area contributed by atoms with Crippen LogP contribution in [0.4, 0.5) is 0 Å². The van der Waals surface area contributed by atoms with Crippen molar-refractivity contribution in [1.29, 1.82) is 0 Å². The van der Waals surface area contributed by atoms with Gasteiger partial charge in [0.05, 0.1) is 18.2 Å². The number of nitrogens with one attached hydrogen (secondary N) is 1. The highest BCUT2D eigenvalue weighted by molar-refractivity contribution is 6.46. The molecule has 3 aromatic rings. The zero-order valence-corrected chi connectivity index (χ0v) is 21.1. The van der Waals surface area contributed by atoms with Gasteiger partial charge < -0.3 is 19.7 Å². The molecule has 0 spiro atoms. The molecule has 1 fully saturated rings. The van der Waals surface area contributed by atoms with E-state index in [4.69, 9.17) is 4.74 Å². The summed E-state index contributed by atoms with van der Waals surface area (Å²) >= 11 is 0.